The number of hydrazone groups is 1. The standard InChI is InChI=1S/C14H15N3OS/c1-2-5-13-8-11(10-19-13)14(18)17-16-9-12-6-3-4-7-15-12/h3-4,6-10H,2,5H2,1H3,(H,17,18)/b16-9+. The summed E-state index contributed by atoms with van der Waals surface area (Å²) in [6, 6.07) is 7.43. The first-order valence-electron chi connectivity index (χ1n) is 6.11. The van der Waals surface area contributed by atoms with E-state index in [0.717, 1.165) is 12.8 Å². The largest absolute Gasteiger partial charge is 0.272 e. The molecule has 2 aromatic rings. The number of pyridine rings is 1. The Morgan fingerprint density at radius 1 is 1.53 bits per heavy atom. The molecule has 19 heavy (non-hydrogen) atoms. The zero-order valence-corrected chi connectivity index (χ0v) is 11.5. The molecule has 1 amide bonds. The second-order valence-corrected chi connectivity index (χ2v) is 5.00. The van der Waals surface area contributed by atoms with Crippen LogP contribution in [0.4, 0.5) is 0 Å². The summed E-state index contributed by atoms with van der Waals surface area (Å²) in [6.07, 6.45) is 5.30. The third-order valence-electron chi connectivity index (χ3n) is 2.46. The first-order chi connectivity index (χ1) is 9.29. The predicted molar refractivity (Wildman–Crippen MR) is 77.6 cm³/mol. The lowest BCUT2D eigenvalue weighted by Crippen LogP contribution is -2.16. The van der Waals surface area contributed by atoms with E-state index in [1.54, 1.807) is 17.5 Å². The van der Waals surface area contributed by atoms with E-state index in [9.17, 15) is 4.79 Å². The average Bonchev–Trinajstić information content (AvgIpc) is 2.89. The minimum absolute atomic E-state index is 0.189. The molecule has 2 aromatic heterocycles. The van der Waals surface area contributed by atoms with Gasteiger partial charge in [0.25, 0.3) is 5.91 Å². The predicted octanol–water partition coefficient (Wildman–Crippen LogP) is 2.86. The number of hydrogen-bond donors (Lipinski definition) is 1. The zero-order chi connectivity index (χ0) is 13.5. The zero-order valence-electron chi connectivity index (χ0n) is 10.7. The smallest absolute Gasteiger partial charge is 0.267 e. The topological polar surface area (TPSA) is 54.4 Å². The molecule has 0 aliphatic rings. The number of aromatic nitrogens is 1. The first kappa shape index (κ1) is 13.4. The van der Waals surface area contributed by atoms with Crippen LogP contribution in [0.5, 0.6) is 0 Å². The van der Waals surface area contributed by atoms with E-state index < -0.39 is 0 Å². The lowest BCUT2D eigenvalue weighted by molar-refractivity contribution is 0.0955. The van der Waals surface area contributed by atoms with Crippen molar-refractivity contribution in [3.8, 4) is 0 Å². The van der Waals surface area contributed by atoms with Gasteiger partial charge in [0, 0.05) is 16.5 Å². The Morgan fingerprint density at radius 3 is 3.16 bits per heavy atom. The molecule has 0 aliphatic carbocycles. The molecule has 0 atom stereocenters. The molecule has 0 bridgehead atoms. The van der Waals surface area contributed by atoms with Crippen molar-refractivity contribution >= 4 is 23.5 Å². The minimum atomic E-state index is -0.189. The summed E-state index contributed by atoms with van der Waals surface area (Å²) in [7, 11) is 0. The normalized spacial score (nSPS) is 10.8. The highest BCUT2D eigenvalue weighted by Crippen LogP contribution is 2.16. The third kappa shape index (κ3) is 3.99. The summed E-state index contributed by atoms with van der Waals surface area (Å²) in [6.45, 7) is 2.12. The average molecular weight is 273 g/mol. The highest BCUT2D eigenvalue weighted by atomic mass is 32.1. The van der Waals surface area contributed by atoms with Gasteiger partial charge in [0.15, 0.2) is 0 Å². The Labute approximate surface area is 116 Å². The van der Waals surface area contributed by atoms with Crippen LogP contribution in [-0.2, 0) is 6.42 Å². The lowest BCUT2D eigenvalue weighted by Gasteiger charge is -1.95. The van der Waals surface area contributed by atoms with Gasteiger partial charge in [0.1, 0.15) is 0 Å². The van der Waals surface area contributed by atoms with Crippen molar-refractivity contribution in [2.75, 3.05) is 0 Å². The molecule has 0 saturated heterocycles. The summed E-state index contributed by atoms with van der Waals surface area (Å²) < 4.78 is 0. The lowest BCUT2D eigenvalue weighted by atomic mass is 10.2. The molecule has 0 aliphatic heterocycles. The summed E-state index contributed by atoms with van der Waals surface area (Å²) >= 11 is 1.61. The minimum Gasteiger partial charge on any atom is -0.267 e. The number of thiophene rings is 1. The van der Waals surface area contributed by atoms with Crippen LogP contribution in [0.25, 0.3) is 0 Å². The fourth-order valence-corrected chi connectivity index (χ4v) is 2.52. The first-order valence-corrected chi connectivity index (χ1v) is 6.99. The Balaban J connectivity index is 1.92. The summed E-state index contributed by atoms with van der Waals surface area (Å²) in [5, 5.41) is 5.75. The third-order valence-corrected chi connectivity index (χ3v) is 3.46. The van der Waals surface area contributed by atoms with Gasteiger partial charge in [-0.25, -0.2) is 5.43 Å². The van der Waals surface area contributed by atoms with E-state index in [2.05, 4.69) is 22.4 Å². The maximum absolute atomic E-state index is 11.8. The number of nitrogens with one attached hydrogen (secondary N) is 1. The van der Waals surface area contributed by atoms with Gasteiger partial charge in [-0.2, -0.15) is 5.10 Å². The number of carbonyl (C=O) groups is 1. The van der Waals surface area contributed by atoms with Gasteiger partial charge in [-0.3, -0.25) is 9.78 Å². The number of rotatable bonds is 5. The molecule has 2 heterocycles. The van der Waals surface area contributed by atoms with Crippen molar-refractivity contribution in [3.63, 3.8) is 0 Å². The van der Waals surface area contributed by atoms with Gasteiger partial charge in [-0.05, 0) is 24.6 Å². The number of carbonyl (C=O) groups excluding carboxylic acids is 1. The Bertz CT molecular complexity index is 563. The fraction of sp³-hybridized carbons (Fsp3) is 0.214. The molecule has 0 unspecified atom stereocenters. The maximum atomic E-state index is 11.8. The second-order valence-electron chi connectivity index (χ2n) is 4.01. The van der Waals surface area contributed by atoms with Crippen LogP contribution < -0.4 is 5.43 Å². The van der Waals surface area contributed by atoms with E-state index in [1.165, 1.54) is 11.1 Å². The van der Waals surface area contributed by atoms with Crippen molar-refractivity contribution in [1.29, 1.82) is 0 Å². The van der Waals surface area contributed by atoms with Crippen molar-refractivity contribution in [3.05, 3.63) is 52.0 Å². The summed E-state index contributed by atoms with van der Waals surface area (Å²) in [4.78, 5) is 17.1. The molecule has 0 radical (unpaired) electrons. The van der Waals surface area contributed by atoms with Crippen LogP contribution >= 0.6 is 11.3 Å². The molecule has 0 spiro atoms. The van der Waals surface area contributed by atoms with Crippen LogP contribution in [-0.4, -0.2) is 17.1 Å². The second kappa shape index (κ2) is 6.80. The molecule has 0 saturated carbocycles. The maximum Gasteiger partial charge on any atom is 0.272 e. The molecule has 5 heteroatoms. The van der Waals surface area contributed by atoms with Crippen molar-refractivity contribution in [2.45, 2.75) is 19.8 Å². The molecular weight excluding hydrogens is 258 g/mol. The quantitative estimate of drug-likeness (QED) is 0.672. The summed E-state index contributed by atoms with van der Waals surface area (Å²) in [5.74, 6) is -0.189. The molecule has 0 fully saturated rings. The molecule has 4 nitrogen and oxygen atoms in total. The van der Waals surface area contributed by atoms with Gasteiger partial charge in [0.2, 0.25) is 0 Å². The molecule has 0 aromatic carbocycles. The van der Waals surface area contributed by atoms with Crippen molar-refractivity contribution < 1.29 is 4.79 Å². The van der Waals surface area contributed by atoms with Crippen LogP contribution in [0.1, 0.15) is 34.3 Å². The van der Waals surface area contributed by atoms with Gasteiger partial charge >= 0.3 is 0 Å². The van der Waals surface area contributed by atoms with Gasteiger partial charge in [0.05, 0.1) is 17.5 Å². The Morgan fingerprint density at radius 2 is 2.42 bits per heavy atom. The van der Waals surface area contributed by atoms with Crippen molar-refractivity contribution in [2.24, 2.45) is 5.10 Å². The number of aryl methyl sites for hydroxylation is 1. The summed E-state index contributed by atoms with van der Waals surface area (Å²) in [5.41, 5.74) is 3.87. The van der Waals surface area contributed by atoms with E-state index in [1.807, 2.05) is 29.6 Å². The number of nitrogens with zero attached hydrogens (tertiary/aromatic N) is 2. The van der Waals surface area contributed by atoms with Gasteiger partial charge in [-0.15, -0.1) is 11.3 Å². The Kier molecular flexibility index (Phi) is 4.80. The van der Waals surface area contributed by atoms with Crippen LogP contribution in [0.2, 0.25) is 0 Å². The molecular formula is C14H15N3OS. The van der Waals surface area contributed by atoms with E-state index in [4.69, 9.17) is 0 Å². The molecule has 1 N–H and O–H groups in total. The van der Waals surface area contributed by atoms with Gasteiger partial charge in [-0.1, -0.05) is 19.4 Å². The van der Waals surface area contributed by atoms with Crippen LogP contribution in [0, 0.1) is 0 Å². The number of amides is 1. The Hall–Kier alpha value is -2.01. The highest BCUT2D eigenvalue weighted by Gasteiger charge is 2.07. The van der Waals surface area contributed by atoms with E-state index in [-0.39, 0.29) is 5.91 Å². The van der Waals surface area contributed by atoms with Gasteiger partial charge < -0.3 is 0 Å². The number of hydrogen-bond acceptors (Lipinski definition) is 4. The monoisotopic (exact) mass is 273 g/mol. The fourth-order valence-electron chi connectivity index (χ4n) is 1.55. The highest BCUT2D eigenvalue weighted by molar-refractivity contribution is 7.10. The molecule has 98 valence electrons. The van der Waals surface area contributed by atoms with Crippen LogP contribution in [0.15, 0.2) is 40.9 Å². The van der Waals surface area contributed by atoms with Crippen molar-refractivity contribution in [1.82, 2.24) is 10.4 Å². The SMILES string of the molecule is CCCc1cc(C(=O)N/N=C/c2ccccn2)cs1. The van der Waals surface area contributed by atoms with E-state index >= 15 is 0 Å². The molecule has 2 rings (SSSR count). The van der Waals surface area contributed by atoms with E-state index in [0.29, 0.717) is 11.3 Å². The van der Waals surface area contributed by atoms with Crippen LogP contribution in [0.3, 0.4) is 0 Å².